The van der Waals surface area contributed by atoms with Gasteiger partial charge in [-0.05, 0) is 12.8 Å². The van der Waals surface area contributed by atoms with E-state index >= 15 is 0 Å². The first-order valence-electron chi connectivity index (χ1n) is 7.28. The largest absolute Gasteiger partial charge is 0.481 e. The number of carbonyl (C=O) groups excluding carboxylic acids is 1. The molecular formula is C14H28N2O3. The zero-order chi connectivity index (χ0) is 14.5. The molecule has 5 nitrogen and oxygen atoms in total. The summed E-state index contributed by atoms with van der Waals surface area (Å²) in [5.41, 5.74) is 0. The molecule has 2 N–H and O–H groups in total. The molecule has 0 aromatic rings. The number of urea groups is 1. The molecule has 0 saturated carbocycles. The van der Waals surface area contributed by atoms with Crippen LogP contribution in [0.3, 0.4) is 0 Å². The molecular weight excluding hydrogens is 244 g/mol. The van der Waals surface area contributed by atoms with E-state index in [9.17, 15) is 9.59 Å². The van der Waals surface area contributed by atoms with Gasteiger partial charge in [-0.25, -0.2) is 4.79 Å². The van der Waals surface area contributed by atoms with Crippen LogP contribution in [0.1, 0.15) is 58.3 Å². The van der Waals surface area contributed by atoms with E-state index in [2.05, 4.69) is 12.2 Å². The van der Waals surface area contributed by atoms with Crippen LogP contribution in [0.25, 0.3) is 0 Å². The van der Waals surface area contributed by atoms with Gasteiger partial charge < -0.3 is 15.3 Å². The van der Waals surface area contributed by atoms with Crippen molar-refractivity contribution in [1.29, 1.82) is 0 Å². The predicted octanol–water partition coefficient (Wildman–Crippen LogP) is 2.85. The Morgan fingerprint density at radius 1 is 1.05 bits per heavy atom. The summed E-state index contributed by atoms with van der Waals surface area (Å²) in [6.45, 7) is 3.38. The molecule has 0 aliphatic rings. The number of carboxylic acid groups (broad SMARTS) is 1. The highest BCUT2D eigenvalue weighted by molar-refractivity contribution is 5.73. The number of aliphatic carboxylic acids is 1. The molecule has 0 rings (SSSR count). The number of unbranched alkanes of at least 4 members (excludes halogenated alkanes) is 5. The van der Waals surface area contributed by atoms with Gasteiger partial charge in [0.25, 0.3) is 0 Å². The Labute approximate surface area is 116 Å². The van der Waals surface area contributed by atoms with Crippen molar-refractivity contribution in [3.8, 4) is 0 Å². The van der Waals surface area contributed by atoms with Crippen molar-refractivity contribution in [2.45, 2.75) is 58.3 Å². The molecule has 0 aromatic carbocycles. The molecule has 0 fully saturated rings. The van der Waals surface area contributed by atoms with E-state index in [-0.39, 0.29) is 12.5 Å². The monoisotopic (exact) mass is 272 g/mol. The minimum absolute atomic E-state index is 0.106. The molecule has 0 atom stereocenters. The maximum absolute atomic E-state index is 11.6. The molecule has 0 bridgehead atoms. The van der Waals surface area contributed by atoms with Crippen LogP contribution in [-0.2, 0) is 4.79 Å². The number of hydrogen-bond acceptors (Lipinski definition) is 2. The van der Waals surface area contributed by atoms with Crippen LogP contribution in [0.15, 0.2) is 0 Å². The van der Waals surface area contributed by atoms with Crippen LogP contribution in [-0.4, -0.2) is 42.1 Å². The first kappa shape index (κ1) is 17.7. The van der Waals surface area contributed by atoms with E-state index in [4.69, 9.17) is 5.11 Å². The third kappa shape index (κ3) is 11.6. The second-order valence-electron chi connectivity index (χ2n) is 4.92. The molecule has 19 heavy (non-hydrogen) atoms. The van der Waals surface area contributed by atoms with E-state index in [1.165, 1.54) is 25.7 Å². The fraction of sp³-hybridized carbons (Fsp3) is 0.857. The summed E-state index contributed by atoms with van der Waals surface area (Å²) < 4.78 is 0. The molecule has 0 aliphatic heterocycles. The van der Waals surface area contributed by atoms with Crippen molar-refractivity contribution in [3.05, 3.63) is 0 Å². The van der Waals surface area contributed by atoms with Gasteiger partial charge in [-0.2, -0.15) is 0 Å². The summed E-state index contributed by atoms with van der Waals surface area (Å²) in [6.07, 6.45) is 7.82. The van der Waals surface area contributed by atoms with E-state index in [0.29, 0.717) is 19.5 Å². The average molecular weight is 272 g/mol. The highest BCUT2D eigenvalue weighted by Gasteiger charge is 2.07. The highest BCUT2D eigenvalue weighted by Crippen LogP contribution is 2.04. The Bertz CT molecular complexity index is 257. The minimum Gasteiger partial charge on any atom is -0.481 e. The van der Waals surface area contributed by atoms with E-state index in [0.717, 1.165) is 12.8 Å². The SMILES string of the molecule is CCCCCCCCNC(=O)N(C)CCCC(=O)O. The number of carboxylic acids is 1. The van der Waals surface area contributed by atoms with Gasteiger partial charge in [0, 0.05) is 26.6 Å². The molecule has 0 unspecified atom stereocenters. The number of nitrogens with zero attached hydrogens (tertiary/aromatic N) is 1. The second kappa shape index (κ2) is 11.8. The minimum atomic E-state index is -0.819. The molecule has 5 heteroatoms. The van der Waals surface area contributed by atoms with Gasteiger partial charge in [0.1, 0.15) is 0 Å². The molecule has 0 aliphatic carbocycles. The van der Waals surface area contributed by atoms with Gasteiger partial charge in [0.15, 0.2) is 0 Å². The van der Waals surface area contributed by atoms with Crippen molar-refractivity contribution in [2.24, 2.45) is 0 Å². The lowest BCUT2D eigenvalue weighted by Gasteiger charge is -2.17. The lowest BCUT2D eigenvalue weighted by Crippen LogP contribution is -2.38. The fourth-order valence-corrected chi connectivity index (χ4v) is 1.80. The first-order chi connectivity index (χ1) is 9.07. The third-order valence-electron chi connectivity index (χ3n) is 3.04. The van der Waals surface area contributed by atoms with Gasteiger partial charge >= 0.3 is 12.0 Å². The smallest absolute Gasteiger partial charge is 0.317 e. The standard InChI is InChI=1S/C14H28N2O3/c1-3-4-5-6-7-8-11-15-14(19)16(2)12-9-10-13(17)18/h3-12H2,1-2H3,(H,15,19)(H,17,18). The maximum atomic E-state index is 11.6. The quantitative estimate of drug-likeness (QED) is 0.568. The van der Waals surface area contributed by atoms with E-state index in [1.807, 2.05) is 0 Å². The topological polar surface area (TPSA) is 69.6 Å². The van der Waals surface area contributed by atoms with E-state index in [1.54, 1.807) is 11.9 Å². The van der Waals surface area contributed by atoms with Crippen molar-refractivity contribution in [1.82, 2.24) is 10.2 Å². The van der Waals surface area contributed by atoms with Crippen LogP contribution in [0.2, 0.25) is 0 Å². The Hall–Kier alpha value is -1.26. The first-order valence-corrected chi connectivity index (χ1v) is 7.28. The molecule has 0 heterocycles. The Kier molecular flexibility index (Phi) is 11.0. The molecule has 112 valence electrons. The average Bonchev–Trinajstić information content (AvgIpc) is 2.36. The number of hydrogen-bond donors (Lipinski definition) is 2. The number of carbonyl (C=O) groups is 2. The molecule has 2 amide bonds. The lowest BCUT2D eigenvalue weighted by atomic mass is 10.1. The molecule has 0 aromatic heterocycles. The predicted molar refractivity (Wildman–Crippen MR) is 76.3 cm³/mol. The summed E-state index contributed by atoms with van der Waals surface area (Å²) >= 11 is 0. The fourth-order valence-electron chi connectivity index (χ4n) is 1.80. The van der Waals surface area contributed by atoms with Crippen molar-refractivity contribution in [3.63, 3.8) is 0 Å². The lowest BCUT2D eigenvalue weighted by molar-refractivity contribution is -0.137. The van der Waals surface area contributed by atoms with Crippen LogP contribution < -0.4 is 5.32 Å². The summed E-state index contributed by atoms with van der Waals surface area (Å²) in [5, 5.41) is 11.4. The highest BCUT2D eigenvalue weighted by atomic mass is 16.4. The maximum Gasteiger partial charge on any atom is 0.317 e. The summed E-state index contributed by atoms with van der Waals surface area (Å²) in [6, 6.07) is -0.112. The Balaban J connectivity index is 3.43. The number of rotatable bonds is 11. The van der Waals surface area contributed by atoms with Gasteiger partial charge in [0.2, 0.25) is 0 Å². The third-order valence-corrected chi connectivity index (χ3v) is 3.04. The van der Waals surface area contributed by atoms with Crippen molar-refractivity contribution >= 4 is 12.0 Å². The van der Waals surface area contributed by atoms with Crippen molar-refractivity contribution < 1.29 is 14.7 Å². The molecule has 0 spiro atoms. The van der Waals surface area contributed by atoms with Gasteiger partial charge in [0.05, 0.1) is 0 Å². The number of amides is 2. The van der Waals surface area contributed by atoms with Gasteiger partial charge in [-0.15, -0.1) is 0 Å². The zero-order valence-electron chi connectivity index (χ0n) is 12.3. The van der Waals surface area contributed by atoms with Crippen LogP contribution in [0, 0.1) is 0 Å². The molecule has 0 radical (unpaired) electrons. The van der Waals surface area contributed by atoms with Crippen LogP contribution in [0.5, 0.6) is 0 Å². The van der Waals surface area contributed by atoms with Crippen molar-refractivity contribution in [2.75, 3.05) is 20.1 Å². The molecule has 0 saturated heterocycles. The normalized spacial score (nSPS) is 10.2. The number of nitrogens with one attached hydrogen (secondary N) is 1. The Morgan fingerprint density at radius 2 is 1.68 bits per heavy atom. The van der Waals surface area contributed by atoms with Crippen LogP contribution in [0.4, 0.5) is 4.79 Å². The van der Waals surface area contributed by atoms with Gasteiger partial charge in [-0.1, -0.05) is 39.0 Å². The van der Waals surface area contributed by atoms with Crippen LogP contribution >= 0.6 is 0 Å². The van der Waals surface area contributed by atoms with Gasteiger partial charge in [-0.3, -0.25) is 4.79 Å². The summed E-state index contributed by atoms with van der Waals surface area (Å²) in [5.74, 6) is -0.819. The second-order valence-corrected chi connectivity index (χ2v) is 4.92. The summed E-state index contributed by atoms with van der Waals surface area (Å²) in [7, 11) is 1.69. The zero-order valence-corrected chi connectivity index (χ0v) is 12.3. The summed E-state index contributed by atoms with van der Waals surface area (Å²) in [4.78, 5) is 23.5. The Morgan fingerprint density at radius 3 is 2.32 bits per heavy atom. The van der Waals surface area contributed by atoms with E-state index < -0.39 is 5.97 Å².